The second kappa shape index (κ2) is 22.8. The van der Waals surface area contributed by atoms with Gasteiger partial charge in [-0.1, -0.05) is 57.2 Å². The Morgan fingerprint density at radius 3 is 1.74 bits per heavy atom. The minimum absolute atomic E-state index is 0.0145. The predicted octanol–water partition coefficient (Wildman–Crippen LogP) is 9.35. The van der Waals surface area contributed by atoms with E-state index >= 15 is 0 Å². The predicted molar refractivity (Wildman–Crippen MR) is 245 cm³/mol. The van der Waals surface area contributed by atoms with Gasteiger partial charge in [-0.2, -0.15) is 0 Å². The molecule has 0 spiro atoms. The highest BCUT2D eigenvalue weighted by molar-refractivity contribution is 5.99. The van der Waals surface area contributed by atoms with Crippen molar-refractivity contribution in [2.75, 3.05) is 13.7 Å². The third kappa shape index (κ3) is 13.1. The minimum Gasteiger partial charge on any atom is -0.492 e. The third-order valence-electron chi connectivity index (χ3n) is 9.12. The number of ether oxygens (including phenoxy) is 8. The van der Waals surface area contributed by atoms with Crippen LogP contribution in [-0.2, 0) is 24.0 Å². The van der Waals surface area contributed by atoms with Crippen LogP contribution in [-0.4, -0.2) is 49.5 Å². The van der Waals surface area contributed by atoms with E-state index in [-0.39, 0.29) is 73.7 Å². The van der Waals surface area contributed by atoms with Gasteiger partial charge in [0.1, 0.15) is 17.2 Å². The molecule has 14 nitrogen and oxygen atoms in total. The van der Waals surface area contributed by atoms with Crippen molar-refractivity contribution >= 4 is 41.4 Å². The molecule has 0 saturated heterocycles. The molecular formula is C52H48O14. The van der Waals surface area contributed by atoms with Crippen molar-refractivity contribution in [1.29, 1.82) is 0 Å². The molecular weight excluding hydrogens is 849 g/mol. The fourth-order valence-electron chi connectivity index (χ4n) is 5.39. The highest BCUT2D eigenvalue weighted by Crippen LogP contribution is 2.43. The second-order valence-corrected chi connectivity index (χ2v) is 14.5. The number of carbonyl (C=O) groups excluding carboxylic acids is 6. The number of carbonyl (C=O) groups is 6. The van der Waals surface area contributed by atoms with Crippen LogP contribution in [0.4, 0.5) is 0 Å². The molecule has 0 aliphatic carbocycles. The van der Waals surface area contributed by atoms with E-state index in [2.05, 4.69) is 38.2 Å². The fraction of sp³-hybridized carbons (Fsp3) is 0.192. The van der Waals surface area contributed by atoms with Crippen LogP contribution in [0.5, 0.6) is 46.0 Å². The van der Waals surface area contributed by atoms with E-state index in [1.165, 1.54) is 70.3 Å². The summed E-state index contributed by atoms with van der Waals surface area (Å²) in [5.74, 6) is 1.50. The van der Waals surface area contributed by atoms with E-state index in [1.807, 2.05) is 6.92 Å². The minimum atomic E-state index is -0.795. The quantitative estimate of drug-likeness (QED) is 0.0424. The molecule has 14 heteroatoms. The second-order valence-electron chi connectivity index (χ2n) is 14.5. The summed E-state index contributed by atoms with van der Waals surface area (Å²) < 4.78 is 44.5. The van der Waals surface area contributed by atoms with Gasteiger partial charge in [0.25, 0.3) is 0 Å². The van der Waals surface area contributed by atoms with E-state index < -0.39 is 35.8 Å². The molecule has 4 aromatic carbocycles. The SMILES string of the molecule is C=CC(=O)Oc1ccc(C#Cc2c(C)cc(OC(=O)c3ccc(C(C)=C(C)C(=O)Oc4ccc(OC(=O)C(=C)C)c(OC(=O)C(=C)C)c4)cc3)c(OC)c2OC(=O)C(=C)C)c(OCCC)c1. The number of hydrogen-bond acceptors (Lipinski definition) is 14. The molecule has 0 N–H and O–H groups in total. The number of aryl methyl sites for hydroxylation is 1. The summed E-state index contributed by atoms with van der Waals surface area (Å²) in [6.07, 6.45) is 1.73. The van der Waals surface area contributed by atoms with E-state index in [9.17, 15) is 28.8 Å². The third-order valence-corrected chi connectivity index (χ3v) is 9.12. The zero-order valence-electron chi connectivity index (χ0n) is 37.9. The average Bonchev–Trinajstić information content (AvgIpc) is 3.28. The van der Waals surface area contributed by atoms with Crippen molar-refractivity contribution in [2.24, 2.45) is 0 Å². The average molecular weight is 897 g/mol. The van der Waals surface area contributed by atoms with Gasteiger partial charge in [0.15, 0.2) is 23.0 Å². The Hall–Kier alpha value is -8.44. The van der Waals surface area contributed by atoms with Gasteiger partial charge in [0, 0.05) is 40.5 Å². The standard InChI is InChI=1S/C52H48O14/c1-13-25-60-42-27-38(61-45(53)14-2)21-19-36(42)20-23-40-32(9)26-44(47(59-12)46(40)66-50(56)31(7)8)65-52(58)37-17-15-35(16-18-37)33(10)34(11)51(57)62-39-22-24-41(63-48(54)29(3)4)43(28-39)64-49(55)30(5)6/h14-19,21-22,24,26-28H,2-3,5,7,13,25H2,1,4,6,8-12H3. The Morgan fingerprint density at radius 1 is 0.591 bits per heavy atom. The number of allylic oxidation sites excluding steroid dienone is 1. The molecule has 0 aliphatic rings. The molecule has 0 saturated carbocycles. The monoisotopic (exact) mass is 896 g/mol. The van der Waals surface area contributed by atoms with Crippen LogP contribution in [0.15, 0.2) is 121 Å². The summed E-state index contributed by atoms with van der Waals surface area (Å²) >= 11 is 0. The Labute approximate surface area is 382 Å². The summed E-state index contributed by atoms with van der Waals surface area (Å²) in [7, 11) is 1.31. The zero-order valence-corrected chi connectivity index (χ0v) is 37.9. The van der Waals surface area contributed by atoms with Crippen molar-refractivity contribution < 1.29 is 66.7 Å². The maximum absolute atomic E-state index is 13.6. The summed E-state index contributed by atoms with van der Waals surface area (Å²) in [6.45, 7) is 25.7. The van der Waals surface area contributed by atoms with Crippen LogP contribution >= 0.6 is 0 Å². The first-order valence-corrected chi connectivity index (χ1v) is 20.1. The molecule has 0 aromatic heterocycles. The molecule has 4 aromatic rings. The Balaban J connectivity index is 1.63. The number of benzene rings is 4. The van der Waals surface area contributed by atoms with Crippen molar-refractivity contribution in [3.63, 3.8) is 0 Å². The van der Waals surface area contributed by atoms with E-state index in [1.54, 1.807) is 45.0 Å². The molecule has 0 bridgehead atoms. The van der Waals surface area contributed by atoms with Crippen LogP contribution < -0.4 is 37.9 Å². The van der Waals surface area contributed by atoms with Gasteiger partial charge in [-0.15, -0.1) is 0 Å². The van der Waals surface area contributed by atoms with Crippen molar-refractivity contribution in [3.05, 3.63) is 149 Å². The zero-order chi connectivity index (χ0) is 48.8. The van der Waals surface area contributed by atoms with Gasteiger partial charge in [-0.05, 0) is 107 Å². The van der Waals surface area contributed by atoms with Gasteiger partial charge in [-0.25, -0.2) is 28.8 Å². The summed E-state index contributed by atoms with van der Waals surface area (Å²) in [4.78, 5) is 76.2. The van der Waals surface area contributed by atoms with E-state index in [0.717, 1.165) is 6.08 Å². The first-order chi connectivity index (χ1) is 31.3. The molecule has 0 aliphatic heterocycles. The Morgan fingerprint density at radius 2 is 1.15 bits per heavy atom. The number of methoxy groups -OCH3 is 1. The summed E-state index contributed by atoms with van der Waals surface area (Å²) in [5, 5.41) is 0. The lowest BCUT2D eigenvalue weighted by atomic mass is 10.0. The Kier molecular flexibility index (Phi) is 17.3. The van der Waals surface area contributed by atoms with Gasteiger partial charge >= 0.3 is 35.8 Å². The largest absolute Gasteiger partial charge is 0.492 e. The summed E-state index contributed by atoms with van der Waals surface area (Å²) in [6, 6.07) is 16.3. The lowest BCUT2D eigenvalue weighted by molar-refractivity contribution is -0.132. The van der Waals surface area contributed by atoms with Gasteiger partial charge in [-0.3, -0.25) is 0 Å². The first kappa shape index (κ1) is 50.2. The van der Waals surface area contributed by atoms with Crippen LogP contribution in [0.1, 0.15) is 80.6 Å². The Bertz CT molecular complexity index is 2760. The molecule has 4 rings (SSSR count). The maximum atomic E-state index is 13.6. The lowest BCUT2D eigenvalue weighted by Gasteiger charge is -2.17. The smallest absolute Gasteiger partial charge is 0.343 e. The van der Waals surface area contributed by atoms with Gasteiger partial charge in [0.05, 0.1) is 30.4 Å². The van der Waals surface area contributed by atoms with Gasteiger partial charge < -0.3 is 37.9 Å². The molecule has 0 fully saturated rings. The first-order valence-electron chi connectivity index (χ1n) is 20.1. The molecule has 66 heavy (non-hydrogen) atoms. The van der Waals surface area contributed by atoms with Crippen molar-refractivity contribution in [1.82, 2.24) is 0 Å². The van der Waals surface area contributed by atoms with Crippen LogP contribution in [0.3, 0.4) is 0 Å². The van der Waals surface area contributed by atoms with E-state index in [4.69, 9.17) is 37.9 Å². The number of hydrogen-bond donors (Lipinski definition) is 0. The summed E-state index contributed by atoms with van der Waals surface area (Å²) in [5.41, 5.74) is 2.80. The van der Waals surface area contributed by atoms with Crippen LogP contribution in [0.2, 0.25) is 0 Å². The van der Waals surface area contributed by atoms with E-state index in [0.29, 0.717) is 41.0 Å². The molecule has 0 heterocycles. The fourth-order valence-corrected chi connectivity index (χ4v) is 5.39. The van der Waals surface area contributed by atoms with Crippen LogP contribution in [0.25, 0.3) is 5.57 Å². The van der Waals surface area contributed by atoms with Gasteiger partial charge in [0.2, 0.25) is 5.75 Å². The molecule has 340 valence electrons. The number of rotatable bonds is 17. The molecule has 0 unspecified atom stereocenters. The molecule has 0 amide bonds. The normalized spacial score (nSPS) is 10.7. The topological polar surface area (TPSA) is 176 Å². The highest BCUT2D eigenvalue weighted by atomic mass is 16.6. The lowest BCUT2D eigenvalue weighted by Crippen LogP contribution is -2.14. The molecule has 0 radical (unpaired) electrons. The van der Waals surface area contributed by atoms with Crippen molar-refractivity contribution in [2.45, 2.75) is 54.9 Å². The molecule has 0 atom stereocenters. The number of esters is 6. The maximum Gasteiger partial charge on any atom is 0.343 e. The van der Waals surface area contributed by atoms with Crippen molar-refractivity contribution in [3.8, 4) is 57.8 Å². The van der Waals surface area contributed by atoms with Crippen LogP contribution in [0, 0.1) is 18.8 Å². The highest BCUT2D eigenvalue weighted by Gasteiger charge is 2.25.